The number of nitrogens with zero attached hydrogens (tertiary/aromatic N) is 4. The van der Waals surface area contributed by atoms with Gasteiger partial charge in [0.15, 0.2) is 0 Å². The Morgan fingerprint density at radius 3 is 2.12 bits per heavy atom. The second kappa shape index (κ2) is 16.7. The van der Waals surface area contributed by atoms with Crippen LogP contribution in [0.2, 0.25) is 0 Å². The van der Waals surface area contributed by atoms with Gasteiger partial charge in [-0.05, 0) is 69.5 Å². The van der Waals surface area contributed by atoms with E-state index >= 15 is 0 Å². The highest BCUT2D eigenvalue weighted by atomic mass is 16.6. The van der Waals surface area contributed by atoms with Crippen molar-refractivity contribution in [1.29, 1.82) is 0 Å². The highest BCUT2D eigenvalue weighted by Gasteiger charge is 2.20. The first kappa shape index (κ1) is 34.5. The van der Waals surface area contributed by atoms with Crippen LogP contribution in [0.3, 0.4) is 0 Å². The van der Waals surface area contributed by atoms with Crippen molar-refractivity contribution in [1.82, 2.24) is 15.1 Å². The molecule has 0 bridgehead atoms. The SMILES string of the molecule is COC(=O)CCCCNC(=O)c1cc(N=Nc2ccc(COC(=O)N(C)CCN(C)C(=O)OC(C)(C)C)cc2)ccc1O. The third-order valence-corrected chi connectivity index (χ3v) is 5.91. The maximum atomic E-state index is 12.5. The van der Waals surface area contributed by atoms with Gasteiger partial charge in [0, 0.05) is 40.2 Å². The average molecular weight is 600 g/mol. The third kappa shape index (κ3) is 12.8. The Labute approximate surface area is 251 Å². The molecule has 234 valence electrons. The zero-order valence-corrected chi connectivity index (χ0v) is 25.6. The minimum absolute atomic E-state index is 0.0433. The molecule has 43 heavy (non-hydrogen) atoms. The van der Waals surface area contributed by atoms with Crippen LogP contribution in [-0.4, -0.2) is 85.4 Å². The molecule has 0 saturated carbocycles. The molecule has 0 aromatic heterocycles. The van der Waals surface area contributed by atoms with Gasteiger partial charge in [-0.3, -0.25) is 9.59 Å². The van der Waals surface area contributed by atoms with Gasteiger partial charge in [0.2, 0.25) is 0 Å². The number of esters is 1. The second-order valence-corrected chi connectivity index (χ2v) is 10.7. The fourth-order valence-electron chi connectivity index (χ4n) is 3.41. The molecular formula is C30H41N5O8. The quantitative estimate of drug-likeness (QED) is 0.135. The number of azo groups is 1. The van der Waals surface area contributed by atoms with E-state index in [1.807, 2.05) is 0 Å². The normalized spacial score (nSPS) is 11.1. The standard InChI is InChI=1S/C30H41N5O8/c1-30(2,3)43-29(40)35(5)18-17-34(4)28(39)42-20-21-10-12-22(13-11-21)32-33-23-14-15-25(36)24(19-23)27(38)31-16-8-7-9-26(37)41-6/h10-15,19,36H,7-9,16-18,20H2,1-6H3,(H,31,38). The average Bonchev–Trinajstić information content (AvgIpc) is 2.97. The number of hydrogen-bond acceptors (Lipinski definition) is 10. The lowest BCUT2D eigenvalue weighted by Crippen LogP contribution is -2.40. The number of phenolic OH excluding ortho intramolecular Hbond substituents is 1. The molecule has 2 N–H and O–H groups in total. The summed E-state index contributed by atoms with van der Waals surface area (Å²) >= 11 is 0. The van der Waals surface area contributed by atoms with Crippen molar-refractivity contribution in [2.75, 3.05) is 40.8 Å². The van der Waals surface area contributed by atoms with E-state index in [0.29, 0.717) is 30.8 Å². The number of ether oxygens (including phenoxy) is 3. The molecule has 0 unspecified atom stereocenters. The van der Waals surface area contributed by atoms with Crippen molar-refractivity contribution >= 4 is 35.4 Å². The number of nitrogens with one attached hydrogen (secondary N) is 1. The Morgan fingerprint density at radius 2 is 1.49 bits per heavy atom. The van der Waals surface area contributed by atoms with Gasteiger partial charge in [-0.25, -0.2) is 9.59 Å². The number of hydrogen-bond donors (Lipinski definition) is 2. The van der Waals surface area contributed by atoms with E-state index in [1.54, 1.807) is 59.1 Å². The molecule has 0 aliphatic carbocycles. The van der Waals surface area contributed by atoms with E-state index < -0.39 is 23.7 Å². The molecule has 0 fully saturated rings. The van der Waals surface area contributed by atoms with E-state index in [9.17, 15) is 24.3 Å². The van der Waals surface area contributed by atoms with Gasteiger partial charge in [0.1, 0.15) is 18.0 Å². The first-order valence-corrected chi connectivity index (χ1v) is 13.8. The van der Waals surface area contributed by atoms with E-state index in [4.69, 9.17) is 9.47 Å². The summed E-state index contributed by atoms with van der Waals surface area (Å²) in [5.41, 5.74) is 1.09. The molecule has 3 amide bonds. The van der Waals surface area contributed by atoms with E-state index in [1.165, 1.54) is 35.1 Å². The molecule has 2 aromatic rings. The summed E-state index contributed by atoms with van der Waals surface area (Å²) < 4.78 is 15.2. The van der Waals surface area contributed by atoms with E-state index in [0.717, 1.165) is 5.56 Å². The number of unbranched alkanes of at least 4 members (excludes halogenated alkanes) is 1. The summed E-state index contributed by atoms with van der Waals surface area (Å²) in [4.78, 5) is 50.8. The second-order valence-electron chi connectivity index (χ2n) is 10.7. The number of aromatic hydroxyl groups is 1. The van der Waals surface area contributed by atoms with Gasteiger partial charge < -0.3 is 34.4 Å². The summed E-state index contributed by atoms with van der Waals surface area (Å²) in [7, 11) is 4.51. The summed E-state index contributed by atoms with van der Waals surface area (Å²) in [5.74, 6) is -0.959. The molecule has 2 rings (SSSR count). The predicted molar refractivity (Wildman–Crippen MR) is 159 cm³/mol. The van der Waals surface area contributed by atoms with Crippen LogP contribution in [0.5, 0.6) is 5.75 Å². The number of amides is 3. The minimum Gasteiger partial charge on any atom is -0.507 e. The molecule has 0 heterocycles. The lowest BCUT2D eigenvalue weighted by Gasteiger charge is -2.26. The van der Waals surface area contributed by atoms with Crippen molar-refractivity contribution in [3.05, 3.63) is 53.6 Å². The molecule has 0 saturated heterocycles. The molecule has 13 heteroatoms. The summed E-state index contributed by atoms with van der Waals surface area (Å²) in [6.07, 6.45) is 0.424. The van der Waals surface area contributed by atoms with Crippen molar-refractivity contribution < 1.29 is 38.5 Å². The maximum absolute atomic E-state index is 12.5. The van der Waals surface area contributed by atoms with Crippen LogP contribution in [0, 0.1) is 0 Å². The Hall–Kier alpha value is -4.68. The first-order valence-electron chi connectivity index (χ1n) is 13.8. The van der Waals surface area contributed by atoms with Crippen LogP contribution >= 0.6 is 0 Å². The Balaban J connectivity index is 1.83. The van der Waals surface area contributed by atoms with Crippen LogP contribution in [0.25, 0.3) is 0 Å². The number of methoxy groups -OCH3 is 1. The highest BCUT2D eigenvalue weighted by molar-refractivity contribution is 5.97. The van der Waals surface area contributed by atoms with Crippen molar-refractivity contribution in [2.24, 2.45) is 10.2 Å². The van der Waals surface area contributed by atoms with Crippen molar-refractivity contribution in [3.63, 3.8) is 0 Å². The van der Waals surface area contributed by atoms with Gasteiger partial charge >= 0.3 is 18.2 Å². The maximum Gasteiger partial charge on any atom is 0.410 e. The van der Waals surface area contributed by atoms with Crippen LogP contribution in [-0.2, 0) is 25.6 Å². The molecule has 0 aliphatic rings. The fourth-order valence-corrected chi connectivity index (χ4v) is 3.41. The molecule has 0 radical (unpaired) electrons. The largest absolute Gasteiger partial charge is 0.507 e. The monoisotopic (exact) mass is 599 g/mol. The van der Waals surface area contributed by atoms with Crippen LogP contribution in [0.15, 0.2) is 52.7 Å². The van der Waals surface area contributed by atoms with Crippen LogP contribution < -0.4 is 5.32 Å². The number of carbonyl (C=O) groups excluding carboxylic acids is 4. The molecule has 0 atom stereocenters. The zero-order valence-electron chi connectivity index (χ0n) is 25.6. The third-order valence-electron chi connectivity index (χ3n) is 5.91. The molecule has 0 spiro atoms. The predicted octanol–water partition coefficient (Wildman–Crippen LogP) is 5.32. The fraction of sp³-hybridized carbons (Fsp3) is 0.467. The first-order chi connectivity index (χ1) is 20.3. The molecule has 2 aromatic carbocycles. The minimum atomic E-state index is -0.601. The Kier molecular flexibility index (Phi) is 13.4. The lowest BCUT2D eigenvalue weighted by molar-refractivity contribution is -0.140. The Bertz CT molecular complexity index is 1270. The summed E-state index contributed by atoms with van der Waals surface area (Å²) in [5, 5.41) is 21.1. The van der Waals surface area contributed by atoms with Crippen molar-refractivity contribution in [3.8, 4) is 5.75 Å². The lowest BCUT2D eigenvalue weighted by atomic mass is 10.1. The number of phenols is 1. The van der Waals surface area contributed by atoms with Crippen LogP contribution in [0.4, 0.5) is 21.0 Å². The molecule has 13 nitrogen and oxygen atoms in total. The van der Waals surface area contributed by atoms with Gasteiger partial charge in [-0.2, -0.15) is 10.2 Å². The van der Waals surface area contributed by atoms with Crippen LogP contribution in [0.1, 0.15) is 56.0 Å². The summed E-state index contributed by atoms with van der Waals surface area (Å²) in [6.45, 7) is 6.29. The van der Waals surface area contributed by atoms with Gasteiger partial charge in [-0.15, -0.1) is 0 Å². The number of benzene rings is 2. The number of likely N-dealkylation sites (N-methyl/N-ethyl adjacent to an activating group) is 2. The topological polar surface area (TPSA) is 159 Å². The van der Waals surface area contributed by atoms with Gasteiger partial charge in [0.05, 0.1) is 24.0 Å². The molecule has 0 aliphatic heterocycles. The number of carbonyl (C=O) groups is 4. The zero-order chi connectivity index (χ0) is 32.0. The number of rotatable bonds is 13. The van der Waals surface area contributed by atoms with E-state index in [2.05, 4.69) is 20.3 Å². The smallest absolute Gasteiger partial charge is 0.410 e. The molecular weight excluding hydrogens is 558 g/mol. The van der Waals surface area contributed by atoms with Gasteiger partial charge in [-0.1, -0.05) is 12.1 Å². The van der Waals surface area contributed by atoms with Crippen molar-refractivity contribution in [2.45, 2.75) is 52.2 Å². The summed E-state index contributed by atoms with van der Waals surface area (Å²) in [6, 6.07) is 11.2. The van der Waals surface area contributed by atoms with E-state index in [-0.39, 0.29) is 43.4 Å². The highest BCUT2D eigenvalue weighted by Crippen LogP contribution is 2.25. The van der Waals surface area contributed by atoms with Gasteiger partial charge in [0.25, 0.3) is 5.91 Å². The Morgan fingerprint density at radius 1 is 0.884 bits per heavy atom.